The minimum absolute atomic E-state index is 0.0221. The van der Waals surface area contributed by atoms with Crippen LogP contribution in [0, 0.1) is 17.0 Å². The highest BCUT2D eigenvalue weighted by Gasteiger charge is 2.33. The molecule has 2 heterocycles. The van der Waals surface area contributed by atoms with Crippen molar-refractivity contribution >= 4 is 63.3 Å². The number of thioether (sulfide) groups is 1. The molecule has 2 aromatic carbocycles. The van der Waals surface area contributed by atoms with Gasteiger partial charge >= 0.3 is 0 Å². The molecule has 0 atom stereocenters. The monoisotopic (exact) mass is 456 g/mol. The number of aryl methyl sites for hydroxylation is 1. The van der Waals surface area contributed by atoms with Crippen molar-refractivity contribution in [3.8, 4) is 11.3 Å². The van der Waals surface area contributed by atoms with E-state index >= 15 is 0 Å². The summed E-state index contributed by atoms with van der Waals surface area (Å²) in [5.74, 6) is 0.804. The number of non-ortho nitro benzene ring substituents is 1. The number of nitrogens with zero attached hydrogens (tertiary/aromatic N) is 2. The lowest BCUT2D eigenvalue weighted by Gasteiger charge is -2.14. The summed E-state index contributed by atoms with van der Waals surface area (Å²) < 4.78 is 6.28. The Balaban J connectivity index is 1.60. The summed E-state index contributed by atoms with van der Waals surface area (Å²) in [6, 6.07) is 14.9. The topological polar surface area (TPSA) is 76.6 Å². The molecule has 0 unspecified atom stereocenters. The first-order chi connectivity index (χ1) is 14.3. The number of carbonyl (C=O) groups is 1. The van der Waals surface area contributed by atoms with Crippen LogP contribution in [0.5, 0.6) is 0 Å². The van der Waals surface area contributed by atoms with Gasteiger partial charge in [-0.25, -0.2) is 0 Å². The highest BCUT2D eigenvalue weighted by atomic mass is 35.5. The van der Waals surface area contributed by atoms with E-state index in [4.69, 9.17) is 28.2 Å². The van der Waals surface area contributed by atoms with Crippen LogP contribution in [-0.4, -0.2) is 15.2 Å². The molecule has 0 spiro atoms. The largest absolute Gasteiger partial charge is 0.457 e. The molecule has 1 fully saturated rings. The van der Waals surface area contributed by atoms with Crippen molar-refractivity contribution < 1.29 is 14.1 Å². The Hall–Kier alpha value is -2.94. The molecule has 4 rings (SSSR count). The highest BCUT2D eigenvalue weighted by Crippen LogP contribution is 2.37. The van der Waals surface area contributed by atoms with Crippen LogP contribution in [0.2, 0.25) is 5.02 Å². The van der Waals surface area contributed by atoms with Crippen LogP contribution in [0.15, 0.2) is 63.9 Å². The van der Waals surface area contributed by atoms with E-state index in [-0.39, 0.29) is 11.6 Å². The Bertz CT molecular complexity index is 1220. The van der Waals surface area contributed by atoms with Gasteiger partial charge < -0.3 is 4.42 Å². The average molecular weight is 457 g/mol. The number of benzene rings is 2. The number of amides is 1. The third-order valence-corrected chi connectivity index (χ3v) is 6.02. The van der Waals surface area contributed by atoms with Gasteiger partial charge in [0.15, 0.2) is 4.32 Å². The predicted octanol–water partition coefficient (Wildman–Crippen LogP) is 6.22. The third kappa shape index (κ3) is 3.89. The zero-order valence-electron chi connectivity index (χ0n) is 15.5. The van der Waals surface area contributed by atoms with Crippen LogP contribution < -0.4 is 4.90 Å². The number of thiocarbonyl (C=S) groups is 1. The van der Waals surface area contributed by atoms with Crippen molar-refractivity contribution in [2.24, 2.45) is 0 Å². The van der Waals surface area contributed by atoms with Crippen molar-refractivity contribution in [1.29, 1.82) is 0 Å². The van der Waals surface area contributed by atoms with Crippen molar-refractivity contribution in [2.75, 3.05) is 4.90 Å². The minimum Gasteiger partial charge on any atom is -0.457 e. The number of hydrogen-bond donors (Lipinski definition) is 0. The van der Waals surface area contributed by atoms with Crippen LogP contribution in [-0.2, 0) is 4.79 Å². The maximum atomic E-state index is 12.8. The molecule has 0 N–H and O–H groups in total. The molecule has 1 amide bonds. The number of nitro groups is 1. The van der Waals surface area contributed by atoms with E-state index in [9.17, 15) is 14.9 Å². The molecular formula is C21H13ClN2O4S2. The second-order valence-electron chi connectivity index (χ2n) is 6.45. The van der Waals surface area contributed by atoms with E-state index in [2.05, 4.69) is 0 Å². The van der Waals surface area contributed by atoms with E-state index in [0.717, 1.165) is 11.1 Å². The van der Waals surface area contributed by atoms with Crippen molar-refractivity contribution in [3.63, 3.8) is 0 Å². The van der Waals surface area contributed by atoms with Gasteiger partial charge in [-0.2, -0.15) is 0 Å². The smallest absolute Gasteiger partial charge is 0.270 e. The van der Waals surface area contributed by atoms with E-state index < -0.39 is 4.92 Å². The lowest BCUT2D eigenvalue weighted by Crippen LogP contribution is -2.27. The summed E-state index contributed by atoms with van der Waals surface area (Å²) in [7, 11) is 0. The SMILES string of the molecule is Cc1cc([N+](=O)[O-])ccc1-c1ccc(/C=C2/SC(=S)N(c3ccc(Cl)cc3)C2=O)o1. The summed E-state index contributed by atoms with van der Waals surface area (Å²) in [6.45, 7) is 1.78. The molecule has 0 saturated carbocycles. The molecule has 30 heavy (non-hydrogen) atoms. The molecule has 1 saturated heterocycles. The first kappa shape index (κ1) is 20.3. The zero-order chi connectivity index (χ0) is 21.4. The van der Waals surface area contributed by atoms with E-state index in [1.165, 1.54) is 28.8 Å². The quantitative estimate of drug-likeness (QED) is 0.201. The molecule has 9 heteroatoms. The second-order valence-corrected chi connectivity index (χ2v) is 8.56. The highest BCUT2D eigenvalue weighted by molar-refractivity contribution is 8.27. The van der Waals surface area contributed by atoms with Crippen LogP contribution in [0.4, 0.5) is 11.4 Å². The Morgan fingerprint density at radius 3 is 2.57 bits per heavy atom. The van der Waals surface area contributed by atoms with Crippen molar-refractivity contribution in [3.05, 3.63) is 86.0 Å². The fourth-order valence-electron chi connectivity index (χ4n) is 3.02. The number of nitro benzene ring substituents is 1. The van der Waals surface area contributed by atoms with Crippen molar-refractivity contribution in [2.45, 2.75) is 6.92 Å². The molecule has 150 valence electrons. The fourth-order valence-corrected chi connectivity index (χ4v) is 4.43. The molecule has 1 aromatic heterocycles. The molecule has 0 aliphatic carbocycles. The second kappa shape index (κ2) is 8.06. The Labute approximate surface area is 186 Å². The van der Waals surface area contributed by atoms with E-state index in [1.54, 1.807) is 55.5 Å². The maximum absolute atomic E-state index is 12.8. The first-order valence-corrected chi connectivity index (χ1v) is 10.3. The molecule has 3 aromatic rings. The van der Waals surface area contributed by atoms with Gasteiger partial charge in [-0.3, -0.25) is 19.8 Å². The summed E-state index contributed by atoms with van der Waals surface area (Å²) in [6.07, 6.45) is 1.64. The van der Waals surface area contributed by atoms with Gasteiger partial charge in [-0.05, 0) is 55.0 Å². The molecule has 0 radical (unpaired) electrons. The van der Waals surface area contributed by atoms with Gasteiger partial charge in [0, 0.05) is 28.8 Å². The van der Waals surface area contributed by atoms with E-state index in [1.807, 2.05) is 0 Å². The van der Waals surface area contributed by atoms with Gasteiger partial charge in [0.25, 0.3) is 11.6 Å². The first-order valence-electron chi connectivity index (χ1n) is 8.72. The predicted molar refractivity (Wildman–Crippen MR) is 123 cm³/mol. The van der Waals surface area contributed by atoms with Gasteiger partial charge in [-0.15, -0.1) is 0 Å². The molecule has 1 aliphatic rings. The lowest BCUT2D eigenvalue weighted by molar-refractivity contribution is -0.384. The Morgan fingerprint density at radius 2 is 1.90 bits per heavy atom. The third-order valence-electron chi connectivity index (χ3n) is 4.46. The van der Waals surface area contributed by atoms with Gasteiger partial charge in [0.1, 0.15) is 11.5 Å². The lowest BCUT2D eigenvalue weighted by atomic mass is 10.1. The van der Waals surface area contributed by atoms with Gasteiger partial charge in [0.05, 0.1) is 15.5 Å². The standard InChI is InChI=1S/C21H13ClN2O4S2/c1-12-10-15(24(26)27)6-8-17(12)18-9-7-16(28-18)11-19-20(25)23(21(29)30-19)14-4-2-13(22)3-5-14/h2-11H,1H3/b19-11+. The van der Waals surface area contributed by atoms with Crippen molar-refractivity contribution in [1.82, 2.24) is 0 Å². The molecule has 0 bridgehead atoms. The number of anilines is 1. The molecular weight excluding hydrogens is 444 g/mol. The number of furan rings is 1. The Morgan fingerprint density at radius 1 is 1.17 bits per heavy atom. The number of rotatable bonds is 4. The van der Waals surface area contributed by atoms with Gasteiger partial charge in [0.2, 0.25) is 0 Å². The number of hydrogen-bond acceptors (Lipinski definition) is 6. The average Bonchev–Trinajstić information content (AvgIpc) is 3.27. The molecule has 1 aliphatic heterocycles. The number of carbonyl (C=O) groups excluding carboxylic acids is 1. The van der Waals surface area contributed by atoms with Crippen LogP contribution >= 0.6 is 35.6 Å². The van der Waals surface area contributed by atoms with E-state index in [0.29, 0.717) is 31.5 Å². The summed E-state index contributed by atoms with van der Waals surface area (Å²) in [5.41, 5.74) is 2.13. The number of halogens is 1. The minimum atomic E-state index is -0.437. The Kier molecular flexibility index (Phi) is 5.46. The van der Waals surface area contributed by atoms with Crippen LogP contribution in [0.1, 0.15) is 11.3 Å². The zero-order valence-corrected chi connectivity index (χ0v) is 17.9. The van der Waals surface area contributed by atoms with Gasteiger partial charge in [-0.1, -0.05) is 35.6 Å². The summed E-state index contributed by atoms with van der Waals surface area (Å²) in [5, 5.41) is 11.5. The normalized spacial score (nSPS) is 15.3. The van der Waals surface area contributed by atoms with Crippen LogP contribution in [0.25, 0.3) is 17.4 Å². The van der Waals surface area contributed by atoms with Crippen LogP contribution in [0.3, 0.4) is 0 Å². The maximum Gasteiger partial charge on any atom is 0.270 e. The summed E-state index contributed by atoms with van der Waals surface area (Å²) in [4.78, 5) is 25.2. The molecule has 6 nitrogen and oxygen atoms in total. The summed E-state index contributed by atoms with van der Waals surface area (Å²) >= 11 is 12.5. The fraction of sp³-hybridized carbons (Fsp3) is 0.0476.